The van der Waals surface area contributed by atoms with E-state index in [0.29, 0.717) is 12.3 Å². The molecule has 0 unspecified atom stereocenters. The average Bonchev–Trinajstić information content (AvgIpc) is 2.87. The zero-order chi connectivity index (χ0) is 13.5. The van der Waals surface area contributed by atoms with Crippen molar-refractivity contribution < 1.29 is 14.3 Å². The molecule has 2 aromatic rings. The first-order valence-electron chi connectivity index (χ1n) is 6.00. The van der Waals surface area contributed by atoms with Crippen LogP contribution in [0.3, 0.4) is 0 Å². The van der Waals surface area contributed by atoms with Crippen LogP contribution in [-0.4, -0.2) is 16.9 Å². The molecule has 0 N–H and O–H groups in total. The highest BCUT2D eigenvalue weighted by Crippen LogP contribution is 2.12. The van der Waals surface area contributed by atoms with Gasteiger partial charge in [-0.25, -0.2) is 4.99 Å². The molecule has 0 amide bonds. The third-order valence-corrected chi connectivity index (χ3v) is 3.38. The van der Waals surface area contributed by atoms with Crippen molar-refractivity contribution in [2.75, 3.05) is 5.75 Å². The minimum Gasteiger partial charge on any atom is -0.861 e. The van der Waals surface area contributed by atoms with E-state index in [4.69, 9.17) is 4.52 Å². The number of nitrogens with zero attached hydrogens (tertiary/aromatic N) is 3. The van der Waals surface area contributed by atoms with E-state index in [-0.39, 0.29) is 11.8 Å². The van der Waals surface area contributed by atoms with Crippen LogP contribution in [-0.2, 0) is 12.3 Å². The molecule has 1 aromatic carbocycles. The average molecular weight is 277 g/mol. The van der Waals surface area contributed by atoms with Gasteiger partial charge in [-0.05, 0) is 18.4 Å². The van der Waals surface area contributed by atoms with E-state index in [1.165, 1.54) is 17.3 Å². The zero-order valence-electron chi connectivity index (χ0n) is 10.7. The fraction of sp³-hybridized carbons (Fsp3) is 0.308. The summed E-state index contributed by atoms with van der Waals surface area (Å²) < 4.78 is 6.49. The van der Waals surface area contributed by atoms with Crippen molar-refractivity contribution >= 4 is 23.5 Å². The molecule has 2 rings (SSSR count). The van der Waals surface area contributed by atoms with Gasteiger partial charge in [-0.2, -0.15) is 11.8 Å². The summed E-state index contributed by atoms with van der Waals surface area (Å²) in [6.07, 6.45) is 1.61. The highest BCUT2D eigenvalue weighted by Gasteiger charge is 2.06. The van der Waals surface area contributed by atoms with Crippen molar-refractivity contribution in [3.05, 3.63) is 42.1 Å². The molecule has 6 heteroatoms. The Hall–Kier alpha value is -1.82. The van der Waals surface area contributed by atoms with E-state index < -0.39 is 0 Å². The molecule has 0 bridgehead atoms. The Morgan fingerprint density at radius 1 is 1.42 bits per heavy atom. The van der Waals surface area contributed by atoms with Crippen LogP contribution in [0, 0.1) is 0 Å². The fourth-order valence-electron chi connectivity index (χ4n) is 1.45. The topological polar surface area (TPSA) is 65.3 Å². The van der Waals surface area contributed by atoms with Crippen LogP contribution >= 0.6 is 11.8 Å². The summed E-state index contributed by atoms with van der Waals surface area (Å²) in [5.41, 5.74) is 1.20. The Kier molecular flexibility index (Phi) is 4.97. The molecule has 0 saturated carbocycles. The smallest absolute Gasteiger partial charge is 0.320 e. The maximum Gasteiger partial charge on any atom is 0.320 e. The van der Waals surface area contributed by atoms with Crippen molar-refractivity contribution in [3.63, 3.8) is 0 Å². The second kappa shape index (κ2) is 6.94. The first-order chi connectivity index (χ1) is 9.28. The lowest BCUT2D eigenvalue weighted by atomic mass is 10.2. The summed E-state index contributed by atoms with van der Waals surface area (Å²) in [4.78, 5) is 3.85. The molecule has 0 atom stereocenters. The van der Waals surface area contributed by atoms with E-state index in [1.807, 2.05) is 37.3 Å². The molecule has 0 aliphatic carbocycles. The molecule has 5 nitrogen and oxygen atoms in total. The Balaban J connectivity index is 1.82. The van der Waals surface area contributed by atoms with Gasteiger partial charge in [-0.3, -0.25) is 4.52 Å². The number of hydrogen-bond donors (Lipinski definition) is 0. The van der Waals surface area contributed by atoms with Gasteiger partial charge in [0.25, 0.3) is 6.20 Å². The van der Waals surface area contributed by atoms with Crippen LogP contribution in [0.15, 0.2) is 46.0 Å². The molecular weight excluding hydrogens is 262 g/mol. The second-order valence-electron chi connectivity index (χ2n) is 3.88. The van der Waals surface area contributed by atoms with Crippen LogP contribution in [0.5, 0.6) is 0 Å². The van der Waals surface area contributed by atoms with Crippen LogP contribution < -0.4 is 9.79 Å². The maximum atomic E-state index is 11.6. The summed E-state index contributed by atoms with van der Waals surface area (Å²) in [5.74, 6) is 1.18. The number of aromatic nitrogens is 2. The SMILES string of the molecule is CC[n+]1cc(/N=C(\[O-])CSCc2ccccc2)on1. The number of rotatable bonds is 6. The molecule has 0 fully saturated rings. The predicted octanol–water partition coefficient (Wildman–Crippen LogP) is 1.31. The standard InChI is InChI=1S/C13H15N3O2S/c1-2-16-8-13(18-15-16)14-12(17)10-19-9-11-6-4-3-5-7-11/h3-8H,2,9-10H2,1H3. The van der Waals surface area contributed by atoms with Crippen molar-refractivity contribution in [1.82, 2.24) is 5.27 Å². The summed E-state index contributed by atoms with van der Waals surface area (Å²) in [5, 5.41) is 15.3. The number of thioether (sulfide) groups is 1. The van der Waals surface area contributed by atoms with Crippen LogP contribution in [0.25, 0.3) is 0 Å². The van der Waals surface area contributed by atoms with Crippen LogP contribution in [0.1, 0.15) is 12.5 Å². The highest BCUT2D eigenvalue weighted by molar-refractivity contribution is 7.99. The Bertz CT molecular complexity index is 540. The normalized spacial score (nSPS) is 11.7. The van der Waals surface area contributed by atoms with E-state index in [2.05, 4.69) is 10.3 Å². The third kappa shape index (κ3) is 4.40. The minimum absolute atomic E-state index is 0.208. The van der Waals surface area contributed by atoms with Gasteiger partial charge in [0.1, 0.15) is 0 Å². The number of benzene rings is 1. The van der Waals surface area contributed by atoms with Gasteiger partial charge in [-0.1, -0.05) is 35.0 Å². The predicted molar refractivity (Wildman–Crippen MR) is 72.1 cm³/mol. The van der Waals surface area contributed by atoms with E-state index >= 15 is 0 Å². The van der Waals surface area contributed by atoms with E-state index in [9.17, 15) is 5.11 Å². The maximum absolute atomic E-state index is 11.6. The molecule has 1 aromatic heterocycles. The first-order valence-corrected chi connectivity index (χ1v) is 7.16. The highest BCUT2D eigenvalue weighted by atomic mass is 32.2. The lowest BCUT2D eigenvalue weighted by Gasteiger charge is -2.08. The van der Waals surface area contributed by atoms with Crippen molar-refractivity contribution in [3.8, 4) is 0 Å². The molecule has 0 aliphatic heterocycles. The van der Waals surface area contributed by atoms with Crippen LogP contribution in [0.4, 0.5) is 5.88 Å². The van der Waals surface area contributed by atoms with Gasteiger partial charge >= 0.3 is 5.88 Å². The van der Waals surface area contributed by atoms with Crippen molar-refractivity contribution in [2.24, 2.45) is 4.99 Å². The summed E-state index contributed by atoms with van der Waals surface area (Å²) in [6.45, 7) is 2.62. The Morgan fingerprint density at radius 3 is 2.89 bits per heavy atom. The van der Waals surface area contributed by atoms with Gasteiger partial charge in [0, 0.05) is 11.5 Å². The molecule has 0 spiro atoms. The molecule has 0 radical (unpaired) electrons. The summed E-state index contributed by atoms with van der Waals surface area (Å²) >= 11 is 1.53. The molecule has 0 saturated heterocycles. The molecule has 100 valence electrons. The van der Waals surface area contributed by atoms with Crippen molar-refractivity contribution in [1.29, 1.82) is 0 Å². The van der Waals surface area contributed by atoms with Gasteiger partial charge < -0.3 is 5.11 Å². The zero-order valence-corrected chi connectivity index (χ0v) is 11.5. The number of aryl methyl sites for hydroxylation is 1. The lowest BCUT2D eigenvalue weighted by Crippen LogP contribution is -2.32. The lowest BCUT2D eigenvalue weighted by molar-refractivity contribution is -0.759. The summed E-state index contributed by atoms with van der Waals surface area (Å²) in [7, 11) is 0. The first kappa shape index (κ1) is 13.6. The van der Waals surface area contributed by atoms with Gasteiger partial charge in [0.05, 0.1) is 0 Å². The summed E-state index contributed by atoms with van der Waals surface area (Å²) in [6, 6.07) is 10.0. The minimum atomic E-state index is -0.208. The van der Waals surface area contributed by atoms with Gasteiger partial charge in [-0.15, -0.1) is 0 Å². The quantitative estimate of drug-likeness (QED) is 0.453. The van der Waals surface area contributed by atoms with Gasteiger partial charge in [0.15, 0.2) is 6.54 Å². The third-order valence-electron chi connectivity index (χ3n) is 2.39. The molecule has 19 heavy (non-hydrogen) atoms. The van der Waals surface area contributed by atoms with Crippen LogP contribution in [0.2, 0.25) is 0 Å². The molecular formula is C13H15N3O2S. The Morgan fingerprint density at radius 2 is 2.21 bits per heavy atom. The largest absolute Gasteiger partial charge is 0.861 e. The number of hydrogen-bond acceptors (Lipinski definition) is 5. The number of aliphatic imine (C=N–C) groups is 1. The second-order valence-corrected chi connectivity index (χ2v) is 4.87. The molecule has 1 heterocycles. The fourth-order valence-corrected chi connectivity index (χ4v) is 2.22. The Labute approximate surface area is 115 Å². The van der Waals surface area contributed by atoms with Crippen molar-refractivity contribution in [2.45, 2.75) is 19.2 Å². The molecule has 0 aliphatic rings. The van der Waals surface area contributed by atoms with Gasteiger partial charge in [0.2, 0.25) is 5.27 Å². The monoisotopic (exact) mass is 277 g/mol. The van der Waals surface area contributed by atoms with E-state index in [0.717, 1.165) is 5.75 Å². The van der Waals surface area contributed by atoms with E-state index in [1.54, 1.807) is 10.9 Å².